The first-order valence-electron chi connectivity index (χ1n) is 7.02. The van der Waals surface area contributed by atoms with E-state index in [1.807, 2.05) is 52.9 Å². The monoisotopic (exact) mass is 418 g/mol. The van der Waals surface area contributed by atoms with Crippen LogP contribution in [0, 0.1) is 9.85 Å². The Morgan fingerprint density at radius 2 is 1.81 bits per heavy atom. The summed E-state index contributed by atoms with van der Waals surface area (Å²) < 4.78 is 31.4. The van der Waals surface area contributed by atoms with Crippen molar-refractivity contribution in [3.05, 3.63) is 35.9 Å². The normalized spacial score (nSPS) is 16.5. The second-order valence-corrected chi connectivity index (χ2v) is 7.46. The van der Waals surface area contributed by atoms with Crippen molar-refractivity contribution >= 4 is 32.8 Å². The fourth-order valence-electron chi connectivity index (χ4n) is 2.38. The first kappa shape index (κ1) is 16.7. The largest absolute Gasteiger partial charge is 0.283 e. The predicted molar refractivity (Wildman–Crippen MR) is 93.0 cm³/mol. The highest BCUT2D eigenvalue weighted by atomic mass is 127. The summed E-state index contributed by atoms with van der Waals surface area (Å²) in [4.78, 5) is 0. The molecule has 1 aliphatic heterocycles. The van der Waals surface area contributed by atoms with E-state index in [1.165, 1.54) is 4.31 Å². The zero-order valence-electron chi connectivity index (χ0n) is 11.8. The molecule has 0 atom stereocenters. The van der Waals surface area contributed by atoms with Crippen LogP contribution in [0.5, 0.6) is 0 Å². The second kappa shape index (κ2) is 8.13. The van der Waals surface area contributed by atoms with Crippen LogP contribution in [-0.2, 0) is 16.8 Å². The summed E-state index contributed by atoms with van der Waals surface area (Å²) in [5.41, 5.74) is 0.980. The van der Waals surface area contributed by atoms with Gasteiger partial charge in [0.05, 0.1) is 6.54 Å². The molecule has 1 aromatic rings. The fraction of sp³-hybridized carbons (Fsp3) is 0.467. The number of hydrogen-bond donors (Lipinski definition) is 0. The highest BCUT2D eigenvalue weighted by Gasteiger charge is 2.30. The SMILES string of the molecule is O=S(=O)(N1CCCCC1)N(CC#CI)Cc1ccccc1. The van der Waals surface area contributed by atoms with Gasteiger partial charge in [-0.15, -0.1) is 0 Å². The maximum atomic E-state index is 12.8. The molecule has 1 aromatic carbocycles. The predicted octanol–water partition coefficient (Wildman–Crippen LogP) is 2.62. The van der Waals surface area contributed by atoms with Gasteiger partial charge >= 0.3 is 0 Å². The van der Waals surface area contributed by atoms with Crippen LogP contribution in [0.4, 0.5) is 0 Å². The zero-order valence-corrected chi connectivity index (χ0v) is 14.8. The maximum absolute atomic E-state index is 12.8. The number of rotatable bonds is 5. The average Bonchev–Trinajstić information content (AvgIpc) is 2.53. The van der Waals surface area contributed by atoms with Crippen LogP contribution in [0.1, 0.15) is 24.8 Å². The van der Waals surface area contributed by atoms with Crippen molar-refractivity contribution in [2.75, 3.05) is 19.6 Å². The highest BCUT2D eigenvalue weighted by molar-refractivity contribution is 14.1. The number of nitrogens with zero attached hydrogens (tertiary/aromatic N) is 2. The molecule has 21 heavy (non-hydrogen) atoms. The average molecular weight is 418 g/mol. The first-order chi connectivity index (χ1) is 10.1. The van der Waals surface area contributed by atoms with Gasteiger partial charge in [-0.1, -0.05) is 42.7 Å². The summed E-state index contributed by atoms with van der Waals surface area (Å²) in [6, 6.07) is 9.65. The highest BCUT2D eigenvalue weighted by Crippen LogP contribution is 2.18. The third kappa shape index (κ3) is 4.68. The van der Waals surface area contributed by atoms with Crippen molar-refractivity contribution in [1.29, 1.82) is 0 Å². The lowest BCUT2D eigenvalue weighted by molar-refractivity contribution is 0.308. The van der Waals surface area contributed by atoms with Crippen LogP contribution in [0.2, 0.25) is 0 Å². The van der Waals surface area contributed by atoms with Crippen molar-refractivity contribution in [1.82, 2.24) is 8.61 Å². The minimum Gasteiger partial charge on any atom is -0.195 e. The zero-order chi connectivity index (χ0) is 15.1. The molecule has 6 heteroatoms. The molecular formula is C15H19IN2O2S. The third-order valence-corrected chi connectivity index (χ3v) is 5.80. The van der Waals surface area contributed by atoms with Gasteiger partial charge in [0, 0.05) is 42.2 Å². The molecule has 0 saturated carbocycles. The van der Waals surface area contributed by atoms with E-state index in [4.69, 9.17) is 0 Å². The lowest BCUT2D eigenvalue weighted by Crippen LogP contribution is -2.45. The maximum Gasteiger partial charge on any atom is 0.283 e. The van der Waals surface area contributed by atoms with Crippen molar-refractivity contribution in [3.8, 4) is 9.85 Å². The standard InChI is InChI=1S/C15H19IN2O2S/c16-10-7-13-18(14-15-8-3-1-4-9-15)21(19,20)17-11-5-2-6-12-17/h1,3-4,8-9H,2,5-6,11-14H2. The van der Waals surface area contributed by atoms with Gasteiger partial charge in [0.1, 0.15) is 0 Å². The van der Waals surface area contributed by atoms with Gasteiger partial charge in [0.15, 0.2) is 0 Å². The van der Waals surface area contributed by atoms with Crippen LogP contribution in [0.25, 0.3) is 0 Å². The van der Waals surface area contributed by atoms with E-state index >= 15 is 0 Å². The van der Waals surface area contributed by atoms with Crippen molar-refractivity contribution in [2.45, 2.75) is 25.8 Å². The molecule has 2 rings (SSSR count). The molecule has 0 radical (unpaired) electrons. The molecule has 0 aromatic heterocycles. The quantitative estimate of drug-likeness (QED) is 0.545. The second-order valence-electron chi connectivity index (χ2n) is 4.99. The summed E-state index contributed by atoms with van der Waals surface area (Å²) in [5.74, 6) is 2.87. The summed E-state index contributed by atoms with van der Waals surface area (Å²) in [7, 11) is -3.43. The minimum atomic E-state index is -3.43. The molecule has 1 saturated heterocycles. The Bertz CT molecular complexity index is 602. The topological polar surface area (TPSA) is 40.6 Å². The Balaban J connectivity index is 2.19. The van der Waals surface area contributed by atoms with E-state index in [0.29, 0.717) is 19.6 Å². The van der Waals surface area contributed by atoms with Gasteiger partial charge in [-0.25, -0.2) is 0 Å². The van der Waals surface area contributed by atoms with Gasteiger partial charge in [0.2, 0.25) is 0 Å². The molecule has 114 valence electrons. The first-order valence-corrected chi connectivity index (χ1v) is 9.50. The lowest BCUT2D eigenvalue weighted by Gasteiger charge is -2.31. The number of halogens is 1. The van der Waals surface area contributed by atoms with E-state index in [0.717, 1.165) is 24.8 Å². The van der Waals surface area contributed by atoms with Gasteiger partial charge in [-0.2, -0.15) is 17.0 Å². The number of piperidine rings is 1. The molecule has 0 unspecified atom stereocenters. The van der Waals surface area contributed by atoms with Crippen LogP contribution in [0.3, 0.4) is 0 Å². The molecule has 0 aliphatic carbocycles. The van der Waals surface area contributed by atoms with Gasteiger partial charge in [-0.05, 0) is 22.3 Å². The third-order valence-electron chi connectivity index (χ3n) is 3.49. The molecule has 1 aliphatic rings. The Hall–Kier alpha value is -0.620. The Kier molecular flexibility index (Phi) is 6.48. The van der Waals surface area contributed by atoms with Gasteiger partial charge in [-0.3, -0.25) is 0 Å². The molecule has 0 spiro atoms. The van der Waals surface area contributed by atoms with Crippen molar-refractivity contribution in [2.24, 2.45) is 0 Å². The Labute approximate surface area is 140 Å². The summed E-state index contributed by atoms with van der Waals surface area (Å²) in [5, 5.41) is 0. The van der Waals surface area contributed by atoms with Crippen molar-refractivity contribution in [3.63, 3.8) is 0 Å². The Morgan fingerprint density at radius 3 is 2.43 bits per heavy atom. The molecule has 0 N–H and O–H groups in total. The molecular weight excluding hydrogens is 399 g/mol. The van der Waals surface area contributed by atoms with Crippen LogP contribution in [-0.4, -0.2) is 36.7 Å². The van der Waals surface area contributed by atoms with Crippen LogP contribution in [0.15, 0.2) is 30.3 Å². The van der Waals surface area contributed by atoms with E-state index in [9.17, 15) is 8.42 Å². The number of benzene rings is 1. The molecule has 4 nitrogen and oxygen atoms in total. The van der Waals surface area contributed by atoms with Gasteiger partial charge in [0.25, 0.3) is 10.2 Å². The van der Waals surface area contributed by atoms with E-state index in [1.54, 1.807) is 4.31 Å². The minimum absolute atomic E-state index is 0.233. The van der Waals surface area contributed by atoms with Crippen LogP contribution < -0.4 is 0 Å². The lowest BCUT2D eigenvalue weighted by atomic mass is 10.2. The van der Waals surface area contributed by atoms with Crippen molar-refractivity contribution < 1.29 is 8.42 Å². The van der Waals surface area contributed by atoms with E-state index in [-0.39, 0.29) is 6.54 Å². The number of hydrogen-bond acceptors (Lipinski definition) is 2. The van der Waals surface area contributed by atoms with Crippen LogP contribution >= 0.6 is 22.6 Å². The van der Waals surface area contributed by atoms with E-state index in [2.05, 4.69) is 9.85 Å². The molecule has 1 heterocycles. The molecule has 0 amide bonds. The molecule has 1 fully saturated rings. The summed E-state index contributed by atoms with van der Waals surface area (Å²) in [6.45, 7) is 1.83. The van der Waals surface area contributed by atoms with Gasteiger partial charge < -0.3 is 0 Å². The van der Waals surface area contributed by atoms with E-state index < -0.39 is 10.2 Å². The molecule has 0 bridgehead atoms. The fourth-order valence-corrected chi connectivity index (χ4v) is 4.14. The smallest absolute Gasteiger partial charge is 0.195 e. The summed E-state index contributed by atoms with van der Waals surface area (Å²) in [6.07, 6.45) is 2.99. The summed E-state index contributed by atoms with van der Waals surface area (Å²) >= 11 is 1.94. The Morgan fingerprint density at radius 1 is 1.14 bits per heavy atom.